The van der Waals surface area contributed by atoms with Gasteiger partial charge < -0.3 is 33.8 Å². The smallest absolute Gasteiger partial charge is 0.407 e. The number of alkyl carbamates (subject to hydrolysis) is 1. The van der Waals surface area contributed by atoms with Crippen molar-refractivity contribution in [1.82, 2.24) is 10.4 Å². The lowest BCUT2D eigenvalue weighted by atomic mass is 10.0. The number of imide groups is 1. The average molecular weight is 501 g/mol. The van der Waals surface area contributed by atoms with E-state index in [0.29, 0.717) is 44.6 Å². The molecule has 0 aromatic rings. The van der Waals surface area contributed by atoms with Crippen molar-refractivity contribution in [2.75, 3.05) is 59.4 Å². The predicted octanol–water partition coefficient (Wildman–Crippen LogP) is 1.28. The van der Waals surface area contributed by atoms with E-state index >= 15 is 0 Å². The van der Waals surface area contributed by atoms with Gasteiger partial charge in [-0.2, -0.15) is 0 Å². The van der Waals surface area contributed by atoms with Crippen LogP contribution in [-0.4, -0.2) is 94.4 Å². The zero-order valence-corrected chi connectivity index (χ0v) is 20.1. The summed E-state index contributed by atoms with van der Waals surface area (Å²) >= 11 is 0. The largest absolute Gasteiger partial charge is 0.446 e. The van der Waals surface area contributed by atoms with Gasteiger partial charge in [-0.05, 0) is 32.1 Å². The maximum Gasteiger partial charge on any atom is 0.407 e. The van der Waals surface area contributed by atoms with Gasteiger partial charge in [0, 0.05) is 19.4 Å². The van der Waals surface area contributed by atoms with E-state index in [4.69, 9.17) is 23.7 Å². The van der Waals surface area contributed by atoms with Crippen LogP contribution in [0.1, 0.15) is 44.9 Å². The van der Waals surface area contributed by atoms with E-state index in [2.05, 4.69) is 22.3 Å². The Kier molecular flexibility index (Phi) is 14.6. The molecule has 0 bridgehead atoms. The molecule has 1 fully saturated rings. The maximum atomic E-state index is 11.8. The quantitative estimate of drug-likeness (QED) is 0.187. The number of carbonyl (C=O) groups is 4. The zero-order valence-electron chi connectivity index (χ0n) is 20.1. The van der Waals surface area contributed by atoms with Gasteiger partial charge in [-0.25, -0.2) is 9.59 Å². The molecule has 1 atom stereocenters. The molecular weight excluding hydrogens is 464 g/mol. The molecule has 1 unspecified atom stereocenters. The van der Waals surface area contributed by atoms with Gasteiger partial charge in [-0.15, -0.1) is 5.06 Å². The van der Waals surface area contributed by atoms with Crippen LogP contribution in [0.2, 0.25) is 0 Å². The fourth-order valence-electron chi connectivity index (χ4n) is 3.26. The first-order chi connectivity index (χ1) is 17.1. The van der Waals surface area contributed by atoms with Crippen LogP contribution in [0.5, 0.6) is 0 Å². The number of nitrogens with zero attached hydrogens (tertiary/aromatic N) is 1. The molecule has 2 rings (SSSR count). The molecule has 198 valence electrons. The van der Waals surface area contributed by atoms with Gasteiger partial charge in [0.25, 0.3) is 11.8 Å². The summed E-state index contributed by atoms with van der Waals surface area (Å²) in [6.07, 6.45) is 8.70. The summed E-state index contributed by atoms with van der Waals surface area (Å²) in [5, 5.41) is 3.17. The van der Waals surface area contributed by atoms with Crippen LogP contribution in [0.3, 0.4) is 0 Å². The van der Waals surface area contributed by atoms with Crippen molar-refractivity contribution in [3.63, 3.8) is 0 Å². The first-order valence-corrected chi connectivity index (χ1v) is 12.0. The van der Waals surface area contributed by atoms with Gasteiger partial charge in [-0.1, -0.05) is 12.2 Å². The average Bonchev–Trinajstić information content (AvgIpc) is 3.13. The molecule has 0 radical (unpaired) electrons. The topological polar surface area (TPSA) is 139 Å². The SMILES string of the molecule is O=C(COCCOCCOCCOCCNC(=O)OC1CC/C=C\CCC1)ON1C(=O)CCC1=O. The van der Waals surface area contributed by atoms with E-state index in [1.807, 2.05) is 0 Å². The van der Waals surface area contributed by atoms with Gasteiger partial charge in [0.15, 0.2) is 0 Å². The Hall–Kier alpha value is -2.54. The summed E-state index contributed by atoms with van der Waals surface area (Å²) in [5.41, 5.74) is 0. The highest BCUT2D eigenvalue weighted by molar-refractivity contribution is 6.01. The first kappa shape index (κ1) is 28.7. The van der Waals surface area contributed by atoms with Crippen molar-refractivity contribution in [3.05, 3.63) is 12.2 Å². The van der Waals surface area contributed by atoms with Gasteiger partial charge in [0.05, 0.1) is 46.2 Å². The summed E-state index contributed by atoms with van der Waals surface area (Å²) in [4.78, 5) is 50.7. The molecule has 0 spiro atoms. The molecule has 3 amide bonds. The fraction of sp³-hybridized carbons (Fsp3) is 0.739. The van der Waals surface area contributed by atoms with Gasteiger partial charge in [0.1, 0.15) is 12.7 Å². The van der Waals surface area contributed by atoms with Crippen LogP contribution >= 0.6 is 0 Å². The third-order valence-electron chi connectivity index (χ3n) is 5.04. The van der Waals surface area contributed by atoms with E-state index in [9.17, 15) is 19.2 Å². The minimum atomic E-state index is -0.823. The molecular formula is C23H36N2O10. The molecule has 12 heteroatoms. The van der Waals surface area contributed by atoms with E-state index in [1.165, 1.54) is 0 Å². The van der Waals surface area contributed by atoms with Crippen molar-refractivity contribution in [1.29, 1.82) is 0 Å². The van der Waals surface area contributed by atoms with Crippen molar-refractivity contribution >= 4 is 23.9 Å². The zero-order chi connectivity index (χ0) is 25.1. The lowest BCUT2D eigenvalue weighted by molar-refractivity contribution is -0.200. The molecule has 35 heavy (non-hydrogen) atoms. The minimum Gasteiger partial charge on any atom is -0.446 e. The predicted molar refractivity (Wildman–Crippen MR) is 121 cm³/mol. The molecule has 0 aromatic heterocycles. The van der Waals surface area contributed by atoms with E-state index in [-0.39, 0.29) is 38.8 Å². The summed E-state index contributed by atoms with van der Waals surface area (Å²) in [7, 11) is 0. The Morgan fingerprint density at radius 1 is 0.829 bits per heavy atom. The lowest BCUT2D eigenvalue weighted by Crippen LogP contribution is -2.33. The second-order valence-electron chi connectivity index (χ2n) is 7.87. The second-order valence-corrected chi connectivity index (χ2v) is 7.87. The molecule has 2 aliphatic rings. The van der Waals surface area contributed by atoms with E-state index in [1.54, 1.807) is 0 Å². The Bertz CT molecular complexity index is 684. The molecule has 0 aromatic carbocycles. The maximum absolute atomic E-state index is 11.8. The molecule has 1 aliphatic heterocycles. The lowest BCUT2D eigenvalue weighted by Gasteiger charge is -2.18. The third kappa shape index (κ3) is 13.2. The number of carbonyl (C=O) groups excluding carboxylic acids is 4. The highest BCUT2D eigenvalue weighted by Gasteiger charge is 2.32. The van der Waals surface area contributed by atoms with Crippen LogP contribution in [-0.2, 0) is 42.9 Å². The number of hydroxylamine groups is 2. The fourth-order valence-corrected chi connectivity index (χ4v) is 3.26. The highest BCUT2D eigenvalue weighted by atomic mass is 16.7. The second kappa shape index (κ2) is 17.8. The Balaban J connectivity index is 1.30. The first-order valence-electron chi connectivity index (χ1n) is 12.0. The summed E-state index contributed by atoms with van der Waals surface area (Å²) < 4.78 is 26.6. The van der Waals surface area contributed by atoms with Crippen molar-refractivity contribution in [2.45, 2.75) is 51.0 Å². The van der Waals surface area contributed by atoms with Crippen molar-refractivity contribution < 1.29 is 47.7 Å². The molecule has 1 aliphatic carbocycles. The molecule has 0 saturated carbocycles. The van der Waals surface area contributed by atoms with Gasteiger partial charge in [0.2, 0.25) is 0 Å². The van der Waals surface area contributed by atoms with Crippen LogP contribution in [0.25, 0.3) is 0 Å². The van der Waals surface area contributed by atoms with Crippen LogP contribution in [0.15, 0.2) is 12.2 Å². The number of ether oxygens (including phenoxy) is 5. The van der Waals surface area contributed by atoms with Crippen LogP contribution in [0.4, 0.5) is 4.79 Å². The third-order valence-corrected chi connectivity index (χ3v) is 5.04. The molecule has 1 N–H and O–H groups in total. The van der Waals surface area contributed by atoms with Crippen molar-refractivity contribution in [3.8, 4) is 0 Å². The monoisotopic (exact) mass is 500 g/mol. The number of amides is 3. The summed E-state index contributed by atoms with van der Waals surface area (Å²) in [6.45, 7) is 2.22. The van der Waals surface area contributed by atoms with Gasteiger partial charge >= 0.3 is 12.1 Å². The van der Waals surface area contributed by atoms with Gasteiger partial charge in [-0.3, -0.25) is 9.59 Å². The Labute approximate surface area is 205 Å². The number of rotatable bonds is 16. The van der Waals surface area contributed by atoms with E-state index in [0.717, 1.165) is 32.1 Å². The number of hydrogen-bond acceptors (Lipinski definition) is 10. The number of hydrogen-bond donors (Lipinski definition) is 1. The molecule has 1 saturated heterocycles. The minimum absolute atomic E-state index is 0.0294. The van der Waals surface area contributed by atoms with Crippen LogP contribution < -0.4 is 5.32 Å². The number of allylic oxidation sites excluding steroid dienone is 2. The number of nitrogens with one attached hydrogen (secondary N) is 1. The van der Waals surface area contributed by atoms with Crippen LogP contribution in [0, 0.1) is 0 Å². The molecule has 1 heterocycles. The Morgan fingerprint density at radius 3 is 2.11 bits per heavy atom. The summed E-state index contributed by atoms with van der Waals surface area (Å²) in [6, 6.07) is 0. The summed E-state index contributed by atoms with van der Waals surface area (Å²) in [5.74, 6) is -1.89. The van der Waals surface area contributed by atoms with E-state index < -0.39 is 23.9 Å². The Morgan fingerprint density at radius 2 is 1.43 bits per heavy atom. The van der Waals surface area contributed by atoms with Crippen molar-refractivity contribution in [2.24, 2.45) is 0 Å². The standard InChI is InChI=1S/C23H36N2O10/c26-20-8-9-21(27)25(20)35-22(28)18-33-17-16-32-15-14-31-13-12-30-11-10-24-23(29)34-19-6-4-2-1-3-5-7-19/h1-2,19H,3-18H2,(H,24,29)/b2-1-. The normalized spacial score (nSPS) is 19.2. The molecule has 12 nitrogen and oxygen atoms in total. The highest BCUT2D eigenvalue weighted by Crippen LogP contribution is 2.15.